The van der Waals surface area contributed by atoms with Gasteiger partial charge >= 0.3 is 0 Å². The number of rotatable bonds is 2. The Morgan fingerprint density at radius 2 is 2.05 bits per heavy atom. The average Bonchev–Trinajstić information content (AvgIpc) is 2.86. The molecule has 0 bridgehead atoms. The molecule has 19 heavy (non-hydrogen) atoms. The van der Waals surface area contributed by atoms with E-state index in [4.69, 9.17) is 17.3 Å². The first-order chi connectivity index (χ1) is 9.17. The second kappa shape index (κ2) is 4.79. The number of nitrogens with zero attached hydrogens (tertiary/aromatic N) is 2. The van der Waals surface area contributed by atoms with Crippen molar-refractivity contribution in [3.8, 4) is 10.7 Å². The second-order valence-corrected chi connectivity index (χ2v) is 5.82. The predicted molar refractivity (Wildman–Crippen MR) is 81.7 cm³/mol. The number of hydrogen-bond acceptors (Lipinski definition) is 4. The molecule has 96 valence electrons. The number of anilines is 1. The zero-order chi connectivity index (χ0) is 13.4. The van der Waals surface area contributed by atoms with E-state index in [1.54, 1.807) is 17.4 Å². The summed E-state index contributed by atoms with van der Waals surface area (Å²) in [7, 11) is 0. The number of hydrogen-bond donors (Lipinski definition) is 1. The van der Waals surface area contributed by atoms with Gasteiger partial charge in [0.25, 0.3) is 0 Å². The highest BCUT2D eigenvalue weighted by Gasteiger charge is 2.09. The average molecular weight is 290 g/mol. The molecule has 3 nitrogen and oxygen atoms in total. The van der Waals surface area contributed by atoms with Crippen molar-refractivity contribution in [3.05, 3.63) is 40.2 Å². The van der Waals surface area contributed by atoms with E-state index in [9.17, 15) is 0 Å². The topological polar surface area (TPSA) is 51.8 Å². The van der Waals surface area contributed by atoms with E-state index in [0.717, 1.165) is 22.2 Å². The minimum Gasteiger partial charge on any atom is -0.383 e. The number of aryl methyl sites for hydroxylation is 1. The lowest BCUT2D eigenvalue weighted by molar-refractivity contribution is 1.19. The van der Waals surface area contributed by atoms with Crippen molar-refractivity contribution in [1.82, 2.24) is 9.97 Å². The van der Waals surface area contributed by atoms with E-state index in [2.05, 4.69) is 23.0 Å². The fourth-order valence-electron chi connectivity index (χ4n) is 1.93. The van der Waals surface area contributed by atoms with Crippen LogP contribution in [-0.4, -0.2) is 9.97 Å². The van der Waals surface area contributed by atoms with Gasteiger partial charge in [0.2, 0.25) is 0 Å². The zero-order valence-corrected chi connectivity index (χ0v) is 11.9. The van der Waals surface area contributed by atoms with E-state index >= 15 is 0 Å². The molecule has 1 aromatic carbocycles. The van der Waals surface area contributed by atoms with E-state index in [1.807, 2.05) is 18.2 Å². The molecular formula is C14H12ClN3S. The first-order valence-corrected chi connectivity index (χ1v) is 7.18. The molecule has 0 spiro atoms. The molecule has 0 saturated carbocycles. The van der Waals surface area contributed by atoms with E-state index < -0.39 is 0 Å². The van der Waals surface area contributed by atoms with Gasteiger partial charge in [-0.2, -0.15) is 0 Å². The Balaban J connectivity index is 2.19. The van der Waals surface area contributed by atoms with Crippen molar-refractivity contribution in [2.45, 2.75) is 13.3 Å². The molecule has 0 fully saturated rings. The third kappa shape index (κ3) is 2.29. The van der Waals surface area contributed by atoms with Gasteiger partial charge in [0.1, 0.15) is 5.82 Å². The summed E-state index contributed by atoms with van der Waals surface area (Å²) in [4.78, 5) is 11.3. The monoisotopic (exact) mass is 289 g/mol. The number of benzene rings is 1. The van der Waals surface area contributed by atoms with E-state index in [1.165, 1.54) is 4.88 Å². The van der Waals surface area contributed by atoms with Gasteiger partial charge in [-0.3, -0.25) is 0 Å². The summed E-state index contributed by atoms with van der Waals surface area (Å²) in [5.41, 5.74) is 6.77. The lowest BCUT2D eigenvalue weighted by Crippen LogP contribution is -1.96. The molecule has 3 aromatic rings. The van der Waals surface area contributed by atoms with Crippen LogP contribution in [0.15, 0.2) is 30.3 Å². The summed E-state index contributed by atoms with van der Waals surface area (Å²) in [5, 5.41) is 1.48. The minimum atomic E-state index is 0.489. The van der Waals surface area contributed by atoms with Gasteiger partial charge in [0, 0.05) is 15.3 Å². The van der Waals surface area contributed by atoms with Crippen LogP contribution in [0, 0.1) is 0 Å². The number of nitrogens with two attached hydrogens (primary N) is 1. The van der Waals surface area contributed by atoms with E-state index in [-0.39, 0.29) is 0 Å². The molecule has 0 aliphatic rings. The van der Waals surface area contributed by atoms with Gasteiger partial charge in [-0.1, -0.05) is 18.5 Å². The maximum absolute atomic E-state index is 6.00. The van der Waals surface area contributed by atoms with Crippen LogP contribution in [0.2, 0.25) is 5.02 Å². The molecule has 0 atom stereocenters. The first kappa shape index (κ1) is 12.4. The third-order valence-corrected chi connectivity index (χ3v) is 4.38. The highest BCUT2D eigenvalue weighted by molar-refractivity contribution is 7.15. The summed E-state index contributed by atoms with van der Waals surface area (Å²) < 4.78 is 0. The largest absolute Gasteiger partial charge is 0.383 e. The van der Waals surface area contributed by atoms with Gasteiger partial charge in [0.05, 0.1) is 10.4 Å². The Hall–Kier alpha value is -1.65. The van der Waals surface area contributed by atoms with Gasteiger partial charge in [-0.25, -0.2) is 9.97 Å². The van der Waals surface area contributed by atoms with Gasteiger partial charge in [-0.15, -0.1) is 11.3 Å². The first-order valence-electron chi connectivity index (χ1n) is 5.99. The fraction of sp³-hybridized carbons (Fsp3) is 0.143. The number of aromatic nitrogens is 2. The van der Waals surface area contributed by atoms with Crippen molar-refractivity contribution < 1.29 is 0 Å². The number of fused-ring (bicyclic) bond motifs is 1. The van der Waals surface area contributed by atoms with Crippen LogP contribution >= 0.6 is 22.9 Å². The second-order valence-electron chi connectivity index (χ2n) is 4.21. The SMILES string of the molecule is CCc1ccc(-c2nc(N)c3ccc(Cl)cc3n2)s1. The summed E-state index contributed by atoms with van der Waals surface area (Å²) in [6, 6.07) is 9.59. The van der Waals surface area contributed by atoms with Crippen LogP contribution in [0.25, 0.3) is 21.6 Å². The Kier molecular flexibility index (Phi) is 3.12. The highest BCUT2D eigenvalue weighted by atomic mass is 35.5. The summed E-state index contributed by atoms with van der Waals surface area (Å²) >= 11 is 7.69. The molecule has 0 amide bonds. The predicted octanol–water partition coefficient (Wildman–Crippen LogP) is 4.16. The maximum Gasteiger partial charge on any atom is 0.172 e. The Labute approximate surface area is 120 Å². The van der Waals surface area contributed by atoms with Gasteiger partial charge in [0.15, 0.2) is 5.82 Å². The molecule has 3 rings (SSSR count). The number of halogens is 1. The lowest BCUT2D eigenvalue weighted by atomic mass is 10.2. The summed E-state index contributed by atoms with van der Waals surface area (Å²) in [6.45, 7) is 2.13. The molecule has 0 aliphatic heterocycles. The van der Waals surface area contributed by atoms with Crippen molar-refractivity contribution in [2.24, 2.45) is 0 Å². The van der Waals surface area contributed by atoms with Gasteiger partial charge in [-0.05, 0) is 36.8 Å². The molecule has 5 heteroatoms. The zero-order valence-electron chi connectivity index (χ0n) is 10.4. The van der Waals surface area contributed by atoms with Crippen LogP contribution in [0.1, 0.15) is 11.8 Å². The molecule has 0 radical (unpaired) electrons. The van der Waals surface area contributed by atoms with Crippen LogP contribution < -0.4 is 5.73 Å². The molecule has 2 N–H and O–H groups in total. The van der Waals surface area contributed by atoms with Crippen molar-refractivity contribution in [2.75, 3.05) is 5.73 Å². The fourth-order valence-corrected chi connectivity index (χ4v) is 2.97. The lowest BCUT2D eigenvalue weighted by Gasteiger charge is -2.04. The number of thiophene rings is 1. The molecular weight excluding hydrogens is 278 g/mol. The van der Waals surface area contributed by atoms with Gasteiger partial charge < -0.3 is 5.73 Å². The molecule has 2 heterocycles. The van der Waals surface area contributed by atoms with Crippen LogP contribution in [0.3, 0.4) is 0 Å². The molecule has 0 aliphatic carbocycles. The van der Waals surface area contributed by atoms with Crippen LogP contribution in [0.5, 0.6) is 0 Å². The summed E-state index contributed by atoms with van der Waals surface area (Å²) in [5.74, 6) is 1.15. The van der Waals surface area contributed by atoms with Crippen molar-refractivity contribution >= 4 is 39.7 Å². The third-order valence-electron chi connectivity index (χ3n) is 2.92. The Morgan fingerprint density at radius 3 is 2.79 bits per heavy atom. The number of nitrogen functional groups attached to an aromatic ring is 1. The summed E-state index contributed by atoms with van der Waals surface area (Å²) in [6.07, 6.45) is 1.01. The standard InChI is InChI=1S/C14H12ClN3S/c1-2-9-4-6-12(19-9)14-17-11-7-8(15)3-5-10(11)13(16)18-14/h3-7H,2H2,1H3,(H2,16,17,18). The Bertz CT molecular complexity index is 752. The molecule has 0 unspecified atom stereocenters. The molecule has 2 aromatic heterocycles. The van der Waals surface area contributed by atoms with Crippen LogP contribution in [0.4, 0.5) is 5.82 Å². The quantitative estimate of drug-likeness (QED) is 0.771. The Morgan fingerprint density at radius 1 is 1.21 bits per heavy atom. The molecule has 0 saturated heterocycles. The minimum absolute atomic E-state index is 0.489. The van der Waals surface area contributed by atoms with Crippen LogP contribution in [-0.2, 0) is 6.42 Å². The highest BCUT2D eigenvalue weighted by Crippen LogP contribution is 2.29. The van der Waals surface area contributed by atoms with Crippen molar-refractivity contribution in [3.63, 3.8) is 0 Å². The van der Waals surface area contributed by atoms with E-state index in [0.29, 0.717) is 16.7 Å². The maximum atomic E-state index is 6.00. The van der Waals surface area contributed by atoms with Crippen molar-refractivity contribution in [1.29, 1.82) is 0 Å². The normalized spacial score (nSPS) is 11.1. The smallest absolute Gasteiger partial charge is 0.172 e.